The second kappa shape index (κ2) is 6.48. The van der Waals surface area contributed by atoms with Gasteiger partial charge in [0.25, 0.3) is 0 Å². The second-order valence-electron chi connectivity index (χ2n) is 3.58. The van der Waals surface area contributed by atoms with E-state index in [1.54, 1.807) is 19.6 Å². The first-order valence-electron chi connectivity index (χ1n) is 5.18. The molecule has 0 amide bonds. The van der Waals surface area contributed by atoms with Gasteiger partial charge in [0.1, 0.15) is 0 Å². The van der Waals surface area contributed by atoms with Crippen LogP contribution in [0.15, 0.2) is 12.3 Å². The van der Waals surface area contributed by atoms with E-state index in [0.717, 1.165) is 35.8 Å². The van der Waals surface area contributed by atoms with Crippen molar-refractivity contribution in [3.63, 3.8) is 0 Å². The molecule has 0 aliphatic rings. The van der Waals surface area contributed by atoms with Crippen LogP contribution in [0.4, 0.5) is 5.69 Å². The van der Waals surface area contributed by atoms with Gasteiger partial charge in [-0.1, -0.05) is 0 Å². The summed E-state index contributed by atoms with van der Waals surface area (Å²) in [7, 11) is 0.905. The molecule has 4 nitrogen and oxygen atoms in total. The zero-order valence-electron chi connectivity index (χ0n) is 9.95. The molecule has 1 unspecified atom stereocenters. The maximum Gasteiger partial charge on any atom is 0.160 e. The van der Waals surface area contributed by atoms with E-state index in [-0.39, 0.29) is 0 Å². The van der Waals surface area contributed by atoms with Crippen molar-refractivity contribution in [2.24, 2.45) is 0 Å². The van der Waals surface area contributed by atoms with Crippen molar-refractivity contribution in [2.45, 2.75) is 13.3 Å². The van der Waals surface area contributed by atoms with Crippen LogP contribution in [-0.4, -0.2) is 34.9 Å². The van der Waals surface area contributed by atoms with E-state index in [9.17, 15) is 4.21 Å². The summed E-state index contributed by atoms with van der Waals surface area (Å²) in [4.78, 5) is 4.15. The monoisotopic (exact) mass is 242 g/mol. The molecule has 1 N–H and O–H groups in total. The lowest BCUT2D eigenvalue weighted by molar-refractivity contribution is 0.414. The van der Waals surface area contributed by atoms with Crippen molar-refractivity contribution in [3.8, 4) is 5.75 Å². The van der Waals surface area contributed by atoms with Crippen molar-refractivity contribution in [3.05, 3.63) is 18.0 Å². The molecule has 16 heavy (non-hydrogen) atoms. The topological polar surface area (TPSA) is 51.2 Å². The predicted molar refractivity (Wildman–Crippen MR) is 67.6 cm³/mol. The fourth-order valence-electron chi connectivity index (χ4n) is 1.35. The molecule has 0 fully saturated rings. The van der Waals surface area contributed by atoms with Gasteiger partial charge < -0.3 is 10.1 Å². The summed E-state index contributed by atoms with van der Waals surface area (Å²) in [6.45, 7) is 2.73. The molecule has 0 saturated carbocycles. The smallest absolute Gasteiger partial charge is 0.160 e. The second-order valence-corrected chi connectivity index (χ2v) is 5.14. The molecule has 0 saturated heterocycles. The molecular weight excluding hydrogens is 224 g/mol. The highest BCUT2D eigenvalue weighted by molar-refractivity contribution is 7.84. The van der Waals surface area contributed by atoms with Crippen LogP contribution in [0.5, 0.6) is 5.75 Å². The van der Waals surface area contributed by atoms with Crippen LogP contribution in [0.1, 0.15) is 12.1 Å². The standard InChI is InChI=1S/C11H18N2O2S/c1-9-7-10(11(15-2)8-13-9)12-5-4-6-16(3)14/h7-8H,4-6H2,1-3H3,(H,12,13). The zero-order chi connectivity index (χ0) is 12.0. The van der Waals surface area contributed by atoms with Crippen LogP contribution >= 0.6 is 0 Å². The number of hydrogen-bond donors (Lipinski definition) is 1. The van der Waals surface area contributed by atoms with Crippen LogP contribution in [0.3, 0.4) is 0 Å². The predicted octanol–water partition coefficient (Wildman–Crippen LogP) is 1.58. The Balaban J connectivity index is 2.51. The maximum atomic E-state index is 10.9. The van der Waals surface area contributed by atoms with Gasteiger partial charge >= 0.3 is 0 Å². The van der Waals surface area contributed by atoms with Gasteiger partial charge in [0, 0.05) is 35.0 Å². The van der Waals surface area contributed by atoms with E-state index in [2.05, 4.69) is 10.3 Å². The molecule has 1 heterocycles. The van der Waals surface area contributed by atoms with Crippen LogP contribution in [-0.2, 0) is 10.8 Å². The number of nitrogens with one attached hydrogen (secondary N) is 1. The van der Waals surface area contributed by atoms with Gasteiger partial charge in [0.2, 0.25) is 0 Å². The number of anilines is 1. The molecule has 0 radical (unpaired) electrons. The molecule has 0 aliphatic carbocycles. The van der Waals surface area contributed by atoms with Gasteiger partial charge in [-0.15, -0.1) is 0 Å². The van der Waals surface area contributed by atoms with Crippen LogP contribution in [0.25, 0.3) is 0 Å². The summed E-state index contributed by atoms with van der Waals surface area (Å²) in [6, 6.07) is 1.95. The van der Waals surface area contributed by atoms with Crippen molar-refractivity contribution in [1.82, 2.24) is 4.98 Å². The van der Waals surface area contributed by atoms with E-state index < -0.39 is 10.8 Å². The minimum atomic E-state index is -0.719. The Morgan fingerprint density at radius 2 is 2.31 bits per heavy atom. The molecule has 0 spiro atoms. The van der Waals surface area contributed by atoms with Gasteiger partial charge in [0.05, 0.1) is 19.0 Å². The van der Waals surface area contributed by atoms with Crippen molar-refractivity contribution < 1.29 is 8.95 Å². The number of pyridine rings is 1. The highest BCUT2D eigenvalue weighted by Crippen LogP contribution is 2.23. The largest absolute Gasteiger partial charge is 0.493 e. The van der Waals surface area contributed by atoms with E-state index in [1.165, 1.54) is 0 Å². The van der Waals surface area contributed by atoms with Crippen LogP contribution in [0, 0.1) is 6.92 Å². The molecule has 1 rings (SSSR count). The summed E-state index contributed by atoms with van der Waals surface area (Å²) in [6.07, 6.45) is 4.31. The van der Waals surface area contributed by atoms with Gasteiger partial charge in [0.15, 0.2) is 5.75 Å². The Hall–Kier alpha value is -1.10. The third kappa shape index (κ3) is 4.18. The van der Waals surface area contributed by atoms with Crippen molar-refractivity contribution in [1.29, 1.82) is 0 Å². The molecule has 1 aromatic rings. The fourth-order valence-corrected chi connectivity index (χ4v) is 1.90. The fraction of sp³-hybridized carbons (Fsp3) is 0.545. The van der Waals surface area contributed by atoms with E-state index >= 15 is 0 Å². The zero-order valence-corrected chi connectivity index (χ0v) is 10.8. The molecular formula is C11H18N2O2S. The van der Waals surface area contributed by atoms with Crippen molar-refractivity contribution >= 4 is 16.5 Å². The number of nitrogens with zero attached hydrogens (tertiary/aromatic N) is 1. The molecule has 5 heteroatoms. The Labute approximate surface area is 98.9 Å². The molecule has 1 aromatic heterocycles. The number of aromatic nitrogens is 1. The SMILES string of the molecule is COc1cnc(C)cc1NCCCS(C)=O. The van der Waals surface area contributed by atoms with Crippen molar-refractivity contribution in [2.75, 3.05) is 31.0 Å². The molecule has 0 aliphatic heterocycles. The number of aryl methyl sites for hydroxylation is 1. The third-order valence-corrected chi connectivity index (χ3v) is 3.01. The Morgan fingerprint density at radius 1 is 1.56 bits per heavy atom. The number of hydrogen-bond acceptors (Lipinski definition) is 4. The normalized spacial score (nSPS) is 12.2. The summed E-state index contributed by atoms with van der Waals surface area (Å²) in [5.41, 5.74) is 1.89. The van der Waals surface area contributed by atoms with Crippen LogP contribution < -0.4 is 10.1 Å². The highest BCUT2D eigenvalue weighted by atomic mass is 32.2. The average Bonchev–Trinajstić information content (AvgIpc) is 2.24. The molecule has 90 valence electrons. The Kier molecular flexibility index (Phi) is 5.25. The lowest BCUT2D eigenvalue weighted by Gasteiger charge is -2.10. The van der Waals surface area contributed by atoms with Gasteiger partial charge in [-0.25, -0.2) is 0 Å². The number of ether oxygens (including phenoxy) is 1. The Bertz CT molecular complexity index is 369. The molecule has 1 atom stereocenters. The van der Waals surface area contributed by atoms with Gasteiger partial charge in [-0.3, -0.25) is 9.19 Å². The highest BCUT2D eigenvalue weighted by Gasteiger charge is 2.03. The summed E-state index contributed by atoms with van der Waals surface area (Å²) in [5, 5.41) is 3.26. The average molecular weight is 242 g/mol. The van der Waals surface area contributed by atoms with E-state index in [4.69, 9.17) is 4.74 Å². The summed E-state index contributed by atoms with van der Waals surface area (Å²) in [5.74, 6) is 1.46. The number of methoxy groups -OCH3 is 1. The summed E-state index contributed by atoms with van der Waals surface area (Å²) < 4.78 is 16.1. The third-order valence-electron chi connectivity index (χ3n) is 2.15. The van der Waals surface area contributed by atoms with E-state index in [1.807, 2.05) is 13.0 Å². The lowest BCUT2D eigenvalue weighted by Crippen LogP contribution is -2.07. The van der Waals surface area contributed by atoms with Gasteiger partial charge in [-0.2, -0.15) is 0 Å². The van der Waals surface area contributed by atoms with Crippen LogP contribution in [0.2, 0.25) is 0 Å². The first kappa shape index (κ1) is 13.0. The first-order chi connectivity index (χ1) is 7.63. The minimum Gasteiger partial charge on any atom is -0.493 e. The summed E-state index contributed by atoms with van der Waals surface area (Å²) >= 11 is 0. The first-order valence-corrected chi connectivity index (χ1v) is 6.90. The Morgan fingerprint density at radius 3 is 2.94 bits per heavy atom. The molecule has 0 bridgehead atoms. The van der Waals surface area contributed by atoms with Gasteiger partial charge in [-0.05, 0) is 19.4 Å². The quantitative estimate of drug-likeness (QED) is 0.769. The minimum absolute atomic E-state index is 0.719. The van der Waals surface area contributed by atoms with E-state index in [0.29, 0.717) is 0 Å². The number of rotatable bonds is 6. The maximum absolute atomic E-state index is 10.9. The lowest BCUT2D eigenvalue weighted by atomic mass is 10.3. The molecule has 0 aromatic carbocycles.